The number of hydrogen-bond donors (Lipinski definition) is 3. The van der Waals surface area contributed by atoms with Crippen LogP contribution in [0.1, 0.15) is 90.4 Å². The van der Waals surface area contributed by atoms with E-state index in [0.717, 1.165) is 12.8 Å². The fourth-order valence-corrected chi connectivity index (χ4v) is 3.97. The molecule has 0 aliphatic heterocycles. The van der Waals surface area contributed by atoms with Crippen LogP contribution in [-0.4, -0.2) is 95.5 Å². The van der Waals surface area contributed by atoms with Gasteiger partial charge in [0.05, 0.1) is 58.2 Å². The molecule has 40 heavy (non-hydrogen) atoms. The second kappa shape index (κ2) is 32.2. The van der Waals surface area contributed by atoms with Gasteiger partial charge in [-0.25, -0.2) is 0 Å². The van der Waals surface area contributed by atoms with Crippen LogP contribution in [0.25, 0.3) is 0 Å². The van der Waals surface area contributed by atoms with Crippen LogP contribution in [0.2, 0.25) is 0 Å². The summed E-state index contributed by atoms with van der Waals surface area (Å²) in [6, 6.07) is 0. The maximum absolute atomic E-state index is 11.9. The van der Waals surface area contributed by atoms with Gasteiger partial charge in [-0.05, 0) is 6.42 Å². The van der Waals surface area contributed by atoms with Crippen LogP contribution in [0.15, 0.2) is 0 Å². The highest BCUT2D eigenvalue weighted by molar-refractivity contribution is 9.09. The van der Waals surface area contributed by atoms with Crippen molar-refractivity contribution >= 4 is 33.7 Å². The number of alkyl halides is 1. The first-order chi connectivity index (χ1) is 19.6. The van der Waals surface area contributed by atoms with E-state index in [1.54, 1.807) is 0 Å². The zero-order valence-corrected chi connectivity index (χ0v) is 26.5. The molecule has 236 valence electrons. The zero-order chi connectivity index (χ0) is 29.4. The lowest BCUT2D eigenvalue weighted by Gasteiger charge is -2.09. The Kier molecular flexibility index (Phi) is 31.2. The van der Waals surface area contributed by atoms with Crippen molar-refractivity contribution in [2.75, 3.05) is 77.8 Å². The van der Waals surface area contributed by atoms with E-state index in [-0.39, 0.29) is 29.5 Å². The molecule has 0 aromatic carbocycles. The fraction of sp³-hybridized carbons (Fsp3) is 0.897. The van der Waals surface area contributed by atoms with Crippen LogP contribution in [-0.2, 0) is 33.3 Å². The Balaban J connectivity index is 3.26. The first-order valence-electron chi connectivity index (χ1n) is 15.3. The smallest absolute Gasteiger partial charge is 0.230 e. The van der Waals surface area contributed by atoms with Gasteiger partial charge in [0, 0.05) is 32.5 Å². The summed E-state index contributed by atoms with van der Waals surface area (Å²) in [5, 5.41) is 8.63. The number of nitrogens with one attached hydrogen (secondary N) is 3. The molecule has 3 amide bonds. The van der Waals surface area contributed by atoms with Crippen molar-refractivity contribution in [2.45, 2.75) is 90.4 Å². The fourth-order valence-electron chi connectivity index (χ4n) is 3.77. The van der Waals surface area contributed by atoms with Gasteiger partial charge in [0.2, 0.25) is 17.7 Å². The molecule has 0 saturated carbocycles. The summed E-state index contributed by atoms with van der Waals surface area (Å²) < 4.78 is 21.6. The third kappa shape index (κ3) is 31.3. The number of rotatable bonds is 31. The van der Waals surface area contributed by atoms with Crippen LogP contribution in [0.5, 0.6) is 0 Å². The van der Waals surface area contributed by atoms with Crippen LogP contribution in [0.4, 0.5) is 0 Å². The third-order valence-corrected chi connectivity index (χ3v) is 6.56. The molecule has 3 N–H and O–H groups in total. The van der Waals surface area contributed by atoms with Crippen molar-refractivity contribution in [3.8, 4) is 0 Å². The lowest BCUT2D eigenvalue weighted by molar-refractivity contribution is -0.123. The normalized spacial score (nSPS) is 10.9. The maximum Gasteiger partial charge on any atom is 0.230 e. The number of amides is 3. The second-order valence-electron chi connectivity index (χ2n) is 9.67. The quantitative estimate of drug-likeness (QED) is 0.0778. The Morgan fingerprint density at radius 3 is 1.30 bits per heavy atom. The topological polar surface area (TPSA) is 124 Å². The van der Waals surface area contributed by atoms with Crippen molar-refractivity contribution < 1.29 is 33.3 Å². The molecule has 0 saturated heterocycles. The Hall–Kier alpha value is -1.27. The molecule has 0 atom stereocenters. The van der Waals surface area contributed by atoms with Gasteiger partial charge in [0.25, 0.3) is 0 Å². The molecular formula is C29H56BrN3O7. The van der Waals surface area contributed by atoms with E-state index in [1.165, 1.54) is 57.8 Å². The summed E-state index contributed by atoms with van der Waals surface area (Å²) in [5.41, 5.74) is 0. The minimum Gasteiger partial charge on any atom is -0.379 e. The van der Waals surface area contributed by atoms with Gasteiger partial charge in [0.1, 0.15) is 0 Å². The monoisotopic (exact) mass is 637 g/mol. The third-order valence-electron chi connectivity index (χ3n) is 6.05. The largest absolute Gasteiger partial charge is 0.379 e. The highest BCUT2D eigenvalue weighted by atomic mass is 79.9. The van der Waals surface area contributed by atoms with Crippen molar-refractivity contribution in [1.29, 1.82) is 0 Å². The van der Waals surface area contributed by atoms with Gasteiger partial charge in [-0.15, -0.1) is 0 Å². The number of hydrogen-bond acceptors (Lipinski definition) is 7. The van der Waals surface area contributed by atoms with E-state index in [0.29, 0.717) is 78.9 Å². The molecule has 0 fully saturated rings. The Morgan fingerprint density at radius 2 is 0.850 bits per heavy atom. The molecule has 0 bridgehead atoms. The van der Waals surface area contributed by atoms with E-state index in [9.17, 15) is 14.4 Å². The molecule has 0 unspecified atom stereocenters. The van der Waals surface area contributed by atoms with Crippen molar-refractivity contribution in [1.82, 2.24) is 16.0 Å². The molecular weight excluding hydrogens is 582 g/mol. The standard InChI is InChI=1S/C29H56BrN3O7/c1-2-3-4-5-6-7-8-9-10-11-12-13-27(34)31-15-19-38-24-25-39-20-16-32-28(35)14-18-37-22-23-40-21-17-33-29(36)26-30/h2-26H2,1H3,(H,31,34)(H,32,35)(H,33,36). The summed E-state index contributed by atoms with van der Waals surface area (Å²) in [5.74, 6) is -0.0773. The summed E-state index contributed by atoms with van der Waals surface area (Å²) in [4.78, 5) is 34.7. The van der Waals surface area contributed by atoms with E-state index < -0.39 is 0 Å². The van der Waals surface area contributed by atoms with Crippen LogP contribution < -0.4 is 16.0 Å². The zero-order valence-electron chi connectivity index (χ0n) is 24.9. The molecule has 0 heterocycles. The lowest BCUT2D eigenvalue weighted by atomic mass is 10.1. The molecule has 0 aliphatic rings. The van der Waals surface area contributed by atoms with Gasteiger partial charge in [-0.1, -0.05) is 87.1 Å². The predicted molar refractivity (Wildman–Crippen MR) is 162 cm³/mol. The second-order valence-corrected chi connectivity index (χ2v) is 10.2. The van der Waals surface area contributed by atoms with Crippen LogP contribution in [0.3, 0.4) is 0 Å². The number of unbranched alkanes of at least 4 members (excludes halogenated alkanes) is 10. The summed E-state index contributed by atoms with van der Waals surface area (Å²) >= 11 is 3.07. The highest BCUT2D eigenvalue weighted by Crippen LogP contribution is 2.11. The molecule has 0 aromatic heterocycles. The average molecular weight is 639 g/mol. The number of carbonyl (C=O) groups is 3. The number of ether oxygens (including phenoxy) is 4. The highest BCUT2D eigenvalue weighted by Gasteiger charge is 2.02. The first kappa shape index (κ1) is 38.7. The van der Waals surface area contributed by atoms with Gasteiger partial charge in [-0.3, -0.25) is 14.4 Å². The minimum atomic E-state index is -0.0952. The van der Waals surface area contributed by atoms with Crippen LogP contribution in [0, 0.1) is 0 Å². The maximum atomic E-state index is 11.9. The molecule has 0 spiro atoms. The predicted octanol–water partition coefficient (Wildman–Crippen LogP) is 3.89. The molecule has 0 rings (SSSR count). The summed E-state index contributed by atoms with van der Waals surface area (Å²) in [6.45, 7) is 6.94. The van der Waals surface area contributed by atoms with Gasteiger partial charge >= 0.3 is 0 Å². The minimum absolute atomic E-state index is 0.0773. The van der Waals surface area contributed by atoms with Gasteiger partial charge in [-0.2, -0.15) is 0 Å². The van der Waals surface area contributed by atoms with Gasteiger partial charge < -0.3 is 34.9 Å². The van der Waals surface area contributed by atoms with E-state index in [4.69, 9.17) is 18.9 Å². The lowest BCUT2D eigenvalue weighted by Crippen LogP contribution is -2.29. The van der Waals surface area contributed by atoms with Crippen LogP contribution >= 0.6 is 15.9 Å². The number of halogens is 1. The SMILES string of the molecule is CCCCCCCCCCCCCC(=O)NCCOCCOCCNC(=O)CCOCCOCCNC(=O)CBr. The van der Waals surface area contributed by atoms with E-state index in [1.807, 2.05) is 0 Å². The molecule has 11 heteroatoms. The summed E-state index contributed by atoms with van der Waals surface area (Å²) in [6.07, 6.45) is 14.9. The Bertz CT molecular complexity index is 600. The Morgan fingerprint density at radius 1 is 0.475 bits per heavy atom. The molecule has 0 radical (unpaired) electrons. The summed E-state index contributed by atoms with van der Waals surface area (Å²) in [7, 11) is 0. The Labute approximate surface area is 250 Å². The number of carbonyl (C=O) groups excluding carboxylic acids is 3. The molecule has 10 nitrogen and oxygen atoms in total. The van der Waals surface area contributed by atoms with Crippen molar-refractivity contribution in [3.63, 3.8) is 0 Å². The molecule has 0 aliphatic carbocycles. The van der Waals surface area contributed by atoms with Crippen molar-refractivity contribution in [3.05, 3.63) is 0 Å². The average Bonchev–Trinajstić information content (AvgIpc) is 2.95. The molecule has 0 aromatic rings. The van der Waals surface area contributed by atoms with Crippen molar-refractivity contribution in [2.24, 2.45) is 0 Å². The van der Waals surface area contributed by atoms with Gasteiger partial charge in [0.15, 0.2) is 0 Å². The van der Waals surface area contributed by atoms with E-state index in [2.05, 4.69) is 38.8 Å². The van der Waals surface area contributed by atoms with E-state index >= 15 is 0 Å². The first-order valence-corrected chi connectivity index (χ1v) is 16.4.